The molecule has 0 fully saturated rings. The minimum Gasteiger partial charge on any atom is -0.497 e. The monoisotopic (exact) mass is 261 g/mol. The van der Waals surface area contributed by atoms with Gasteiger partial charge in [-0.3, -0.25) is 0 Å². The van der Waals surface area contributed by atoms with Crippen molar-refractivity contribution in [1.82, 2.24) is 5.32 Å². The molecule has 0 bridgehead atoms. The topological polar surface area (TPSA) is 21.3 Å². The lowest BCUT2D eigenvalue weighted by Crippen LogP contribution is -2.12. The number of hydrogen-bond donors (Lipinski definition) is 1. The third-order valence-electron chi connectivity index (χ3n) is 2.68. The van der Waals surface area contributed by atoms with Crippen LogP contribution in [0.1, 0.15) is 11.1 Å². The highest BCUT2D eigenvalue weighted by atomic mass is 35.5. The quantitative estimate of drug-likeness (QED) is 0.887. The van der Waals surface area contributed by atoms with E-state index in [9.17, 15) is 0 Å². The molecule has 2 rings (SSSR count). The molecule has 0 radical (unpaired) electrons. The molecule has 18 heavy (non-hydrogen) atoms. The summed E-state index contributed by atoms with van der Waals surface area (Å²) in [4.78, 5) is 0. The highest BCUT2D eigenvalue weighted by Gasteiger charge is 1.97. The summed E-state index contributed by atoms with van der Waals surface area (Å²) in [6, 6.07) is 15.9. The number of methoxy groups -OCH3 is 1. The Bertz CT molecular complexity index is 513. The van der Waals surface area contributed by atoms with Gasteiger partial charge in [-0.15, -0.1) is 0 Å². The molecule has 0 spiro atoms. The van der Waals surface area contributed by atoms with E-state index in [-0.39, 0.29) is 0 Å². The zero-order chi connectivity index (χ0) is 12.8. The van der Waals surface area contributed by atoms with Gasteiger partial charge in [0.2, 0.25) is 0 Å². The van der Waals surface area contributed by atoms with Crippen LogP contribution in [-0.4, -0.2) is 7.11 Å². The molecule has 0 unspecified atom stereocenters. The van der Waals surface area contributed by atoms with Crippen LogP contribution in [0, 0.1) is 0 Å². The van der Waals surface area contributed by atoms with Crippen molar-refractivity contribution in [2.45, 2.75) is 13.1 Å². The second-order valence-electron chi connectivity index (χ2n) is 4.09. The van der Waals surface area contributed by atoms with E-state index in [0.717, 1.165) is 23.9 Å². The van der Waals surface area contributed by atoms with Crippen molar-refractivity contribution >= 4 is 11.6 Å². The van der Waals surface area contributed by atoms with Crippen molar-refractivity contribution in [3.05, 3.63) is 64.7 Å². The molecule has 0 atom stereocenters. The summed E-state index contributed by atoms with van der Waals surface area (Å²) >= 11 is 5.94. The number of hydrogen-bond acceptors (Lipinski definition) is 2. The molecule has 0 saturated carbocycles. The SMILES string of the molecule is COc1cccc(CNCc2cccc(Cl)c2)c1. The van der Waals surface area contributed by atoms with Crippen molar-refractivity contribution < 1.29 is 4.74 Å². The predicted molar refractivity (Wildman–Crippen MR) is 75.0 cm³/mol. The normalized spacial score (nSPS) is 10.3. The lowest BCUT2D eigenvalue weighted by Gasteiger charge is -2.07. The molecular weight excluding hydrogens is 246 g/mol. The Morgan fingerprint density at radius 2 is 1.67 bits per heavy atom. The number of halogens is 1. The highest BCUT2D eigenvalue weighted by Crippen LogP contribution is 2.13. The van der Waals surface area contributed by atoms with E-state index in [1.165, 1.54) is 11.1 Å². The van der Waals surface area contributed by atoms with Crippen LogP contribution in [0.2, 0.25) is 5.02 Å². The van der Waals surface area contributed by atoms with Gasteiger partial charge in [0.15, 0.2) is 0 Å². The Labute approximate surface area is 113 Å². The third kappa shape index (κ3) is 3.76. The molecule has 0 aliphatic carbocycles. The third-order valence-corrected chi connectivity index (χ3v) is 2.92. The van der Waals surface area contributed by atoms with E-state index in [1.54, 1.807) is 7.11 Å². The molecule has 94 valence electrons. The Morgan fingerprint density at radius 1 is 1.00 bits per heavy atom. The lowest BCUT2D eigenvalue weighted by atomic mass is 10.2. The van der Waals surface area contributed by atoms with Gasteiger partial charge in [0.25, 0.3) is 0 Å². The van der Waals surface area contributed by atoms with Crippen LogP contribution in [0.15, 0.2) is 48.5 Å². The van der Waals surface area contributed by atoms with Crippen LogP contribution in [0.4, 0.5) is 0 Å². The zero-order valence-corrected chi connectivity index (χ0v) is 11.1. The smallest absolute Gasteiger partial charge is 0.119 e. The summed E-state index contributed by atoms with van der Waals surface area (Å²) in [5.41, 5.74) is 2.39. The molecule has 0 aliphatic heterocycles. The van der Waals surface area contributed by atoms with E-state index in [4.69, 9.17) is 16.3 Å². The highest BCUT2D eigenvalue weighted by molar-refractivity contribution is 6.30. The van der Waals surface area contributed by atoms with E-state index >= 15 is 0 Å². The summed E-state index contributed by atoms with van der Waals surface area (Å²) in [6.07, 6.45) is 0. The standard InChI is InChI=1S/C15H16ClNO/c1-18-15-7-3-5-13(9-15)11-17-10-12-4-2-6-14(16)8-12/h2-9,17H,10-11H2,1H3. The van der Waals surface area contributed by atoms with Gasteiger partial charge in [0.05, 0.1) is 7.11 Å². The molecule has 2 nitrogen and oxygen atoms in total. The minimum atomic E-state index is 0.774. The van der Waals surface area contributed by atoms with E-state index in [2.05, 4.69) is 17.4 Å². The van der Waals surface area contributed by atoms with E-state index in [1.807, 2.05) is 36.4 Å². The van der Waals surface area contributed by atoms with Gasteiger partial charge in [0.1, 0.15) is 5.75 Å². The minimum absolute atomic E-state index is 0.774. The maximum absolute atomic E-state index is 5.94. The number of nitrogens with one attached hydrogen (secondary N) is 1. The summed E-state index contributed by atoms with van der Waals surface area (Å²) in [7, 11) is 1.68. The first-order chi connectivity index (χ1) is 8.78. The first-order valence-corrected chi connectivity index (χ1v) is 6.24. The summed E-state index contributed by atoms with van der Waals surface area (Å²) < 4.78 is 5.19. The molecule has 0 amide bonds. The Hall–Kier alpha value is -1.51. The molecule has 1 N–H and O–H groups in total. The fourth-order valence-corrected chi connectivity index (χ4v) is 1.99. The molecule has 2 aromatic carbocycles. The van der Waals surface area contributed by atoms with Crippen molar-refractivity contribution in [3.63, 3.8) is 0 Å². The van der Waals surface area contributed by atoms with Crippen LogP contribution in [-0.2, 0) is 13.1 Å². The molecule has 0 aliphatic rings. The molecule has 0 aromatic heterocycles. The van der Waals surface area contributed by atoms with E-state index < -0.39 is 0 Å². The van der Waals surface area contributed by atoms with E-state index in [0.29, 0.717) is 0 Å². The molecular formula is C15H16ClNO. The van der Waals surface area contributed by atoms with Crippen LogP contribution in [0.5, 0.6) is 5.75 Å². The summed E-state index contributed by atoms with van der Waals surface area (Å²) in [5.74, 6) is 0.886. The van der Waals surface area contributed by atoms with Gasteiger partial charge >= 0.3 is 0 Å². The number of rotatable bonds is 5. The van der Waals surface area contributed by atoms with Crippen molar-refractivity contribution in [1.29, 1.82) is 0 Å². The number of ether oxygens (including phenoxy) is 1. The molecule has 0 saturated heterocycles. The second kappa shape index (κ2) is 6.43. The Kier molecular flexibility index (Phi) is 4.62. The maximum Gasteiger partial charge on any atom is 0.119 e. The molecule has 3 heteroatoms. The first kappa shape index (κ1) is 12.9. The van der Waals surface area contributed by atoms with Crippen molar-refractivity contribution in [2.24, 2.45) is 0 Å². The van der Waals surface area contributed by atoms with Gasteiger partial charge in [-0.25, -0.2) is 0 Å². The van der Waals surface area contributed by atoms with Crippen molar-refractivity contribution in [2.75, 3.05) is 7.11 Å². The fraction of sp³-hybridized carbons (Fsp3) is 0.200. The zero-order valence-electron chi connectivity index (χ0n) is 10.3. The van der Waals surface area contributed by atoms with Crippen LogP contribution >= 0.6 is 11.6 Å². The van der Waals surface area contributed by atoms with Gasteiger partial charge in [-0.05, 0) is 35.4 Å². The van der Waals surface area contributed by atoms with Crippen molar-refractivity contribution in [3.8, 4) is 5.75 Å². The Morgan fingerprint density at radius 3 is 2.33 bits per heavy atom. The van der Waals surface area contributed by atoms with Gasteiger partial charge in [-0.1, -0.05) is 35.9 Å². The maximum atomic E-state index is 5.94. The average Bonchev–Trinajstić information content (AvgIpc) is 2.39. The van der Waals surface area contributed by atoms with Gasteiger partial charge in [0, 0.05) is 18.1 Å². The fourth-order valence-electron chi connectivity index (χ4n) is 1.78. The number of benzene rings is 2. The lowest BCUT2D eigenvalue weighted by molar-refractivity contribution is 0.414. The van der Waals surface area contributed by atoms with Gasteiger partial charge in [-0.2, -0.15) is 0 Å². The summed E-state index contributed by atoms with van der Waals surface area (Å²) in [6.45, 7) is 1.61. The van der Waals surface area contributed by atoms with Crippen LogP contribution in [0.25, 0.3) is 0 Å². The Balaban J connectivity index is 1.88. The second-order valence-corrected chi connectivity index (χ2v) is 4.52. The van der Waals surface area contributed by atoms with Crippen LogP contribution < -0.4 is 10.1 Å². The predicted octanol–water partition coefficient (Wildman–Crippen LogP) is 3.64. The largest absolute Gasteiger partial charge is 0.497 e. The molecule has 0 heterocycles. The molecule has 2 aromatic rings. The first-order valence-electron chi connectivity index (χ1n) is 5.86. The average molecular weight is 262 g/mol. The van der Waals surface area contributed by atoms with Gasteiger partial charge < -0.3 is 10.1 Å². The van der Waals surface area contributed by atoms with Crippen LogP contribution in [0.3, 0.4) is 0 Å². The summed E-state index contributed by atoms with van der Waals surface area (Å²) in [5, 5.41) is 4.16.